The molecule has 1 atom stereocenters. The Kier molecular flexibility index (Phi) is 8.16. The molecule has 1 aliphatic heterocycles. The fraction of sp³-hybridized carbons (Fsp3) is 0.241. The Hall–Kier alpha value is -3.81. The molecule has 7 nitrogen and oxygen atoms in total. The molecule has 3 aromatic carbocycles. The summed E-state index contributed by atoms with van der Waals surface area (Å²) in [6.07, 6.45) is 0. The van der Waals surface area contributed by atoms with Gasteiger partial charge in [-0.15, -0.1) is 0 Å². The highest BCUT2D eigenvalue weighted by molar-refractivity contribution is 6.46. The maximum absolute atomic E-state index is 13.2. The van der Waals surface area contributed by atoms with E-state index in [0.717, 1.165) is 5.56 Å². The quantitative estimate of drug-likeness (QED) is 0.233. The van der Waals surface area contributed by atoms with Gasteiger partial charge in [0.05, 0.1) is 30.9 Å². The van der Waals surface area contributed by atoms with Crippen molar-refractivity contribution in [1.29, 1.82) is 0 Å². The molecule has 1 unspecified atom stereocenters. The molecule has 8 heteroatoms. The van der Waals surface area contributed by atoms with E-state index in [4.69, 9.17) is 25.8 Å². The zero-order valence-corrected chi connectivity index (χ0v) is 21.6. The van der Waals surface area contributed by atoms with E-state index in [2.05, 4.69) is 0 Å². The molecular formula is C29H28ClNO6. The van der Waals surface area contributed by atoms with Crippen LogP contribution in [0.2, 0.25) is 5.02 Å². The number of nitrogens with zero attached hydrogens (tertiary/aromatic N) is 1. The molecule has 1 N–H and O–H groups in total. The van der Waals surface area contributed by atoms with Crippen LogP contribution >= 0.6 is 11.6 Å². The van der Waals surface area contributed by atoms with Crippen molar-refractivity contribution in [2.75, 3.05) is 27.4 Å². The largest absolute Gasteiger partial charge is 0.507 e. The summed E-state index contributed by atoms with van der Waals surface area (Å²) >= 11 is 6.16. The van der Waals surface area contributed by atoms with Crippen LogP contribution in [-0.2, 0) is 20.9 Å². The van der Waals surface area contributed by atoms with E-state index in [1.807, 2.05) is 31.2 Å². The molecule has 0 saturated carbocycles. The minimum absolute atomic E-state index is 0.0463. The van der Waals surface area contributed by atoms with Crippen LogP contribution in [0, 0.1) is 6.92 Å². The van der Waals surface area contributed by atoms with Gasteiger partial charge in [0.2, 0.25) is 0 Å². The van der Waals surface area contributed by atoms with E-state index >= 15 is 0 Å². The maximum Gasteiger partial charge on any atom is 0.295 e. The van der Waals surface area contributed by atoms with Gasteiger partial charge in [-0.3, -0.25) is 9.59 Å². The number of methoxy groups -OCH3 is 2. The lowest BCUT2D eigenvalue weighted by atomic mass is 9.95. The number of ketones is 1. The number of carbonyl (C=O) groups excluding carboxylic acids is 2. The van der Waals surface area contributed by atoms with Gasteiger partial charge < -0.3 is 24.2 Å². The highest BCUT2D eigenvalue weighted by Crippen LogP contribution is 2.41. The SMILES string of the molecule is COCCN1C(=O)C(=O)/C(=C(/O)c2cc(Cl)ccc2OC)C1c1ccc(OCc2ccc(C)cc2)cc1. The van der Waals surface area contributed by atoms with Crippen LogP contribution in [0.1, 0.15) is 28.3 Å². The zero-order valence-electron chi connectivity index (χ0n) is 20.9. The van der Waals surface area contributed by atoms with Gasteiger partial charge in [0.1, 0.15) is 23.9 Å². The highest BCUT2D eigenvalue weighted by Gasteiger charge is 2.46. The minimum Gasteiger partial charge on any atom is -0.507 e. The molecule has 192 valence electrons. The molecule has 1 heterocycles. The average Bonchev–Trinajstić information content (AvgIpc) is 3.16. The molecule has 37 heavy (non-hydrogen) atoms. The summed E-state index contributed by atoms with van der Waals surface area (Å²) in [5.41, 5.74) is 3.03. The summed E-state index contributed by atoms with van der Waals surface area (Å²) in [4.78, 5) is 27.6. The predicted molar refractivity (Wildman–Crippen MR) is 141 cm³/mol. The maximum atomic E-state index is 13.2. The summed E-state index contributed by atoms with van der Waals surface area (Å²) in [7, 11) is 2.96. The fourth-order valence-corrected chi connectivity index (χ4v) is 4.43. The first-order chi connectivity index (χ1) is 17.8. The first-order valence-corrected chi connectivity index (χ1v) is 12.1. The third kappa shape index (κ3) is 5.63. The molecular weight excluding hydrogens is 494 g/mol. The molecule has 0 radical (unpaired) electrons. The van der Waals surface area contributed by atoms with Crippen molar-refractivity contribution in [3.05, 3.63) is 99.6 Å². The van der Waals surface area contributed by atoms with Crippen LogP contribution in [0.15, 0.2) is 72.3 Å². The second-order valence-electron chi connectivity index (χ2n) is 8.67. The van der Waals surface area contributed by atoms with Crippen molar-refractivity contribution in [1.82, 2.24) is 4.90 Å². The number of rotatable bonds is 9. The molecule has 0 aromatic heterocycles. The van der Waals surface area contributed by atoms with Crippen molar-refractivity contribution >= 4 is 29.1 Å². The lowest BCUT2D eigenvalue weighted by Gasteiger charge is -2.25. The Balaban J connectivity index is 1.70. The highest BCUT2D eigenvalue weighted by atomic mass is 35.5. The van der Waals surface area contributed by atoms with Gasteiger partial charge in [-0.1, -0.05) is 53.6 Å². The second kappa shape index (κ2) is 11.5. The Morgan fingerprint density at radius 3 is 2.35 bits per heavy atom. The van der Waals surface area contributed by atoms with Crippen LogP contribution in [0.25, 0.3) is 5.76 Å². The summed E-state index contributed by atoms with van der Waals surface area (Å²) in [6.45, 7) is 2.82. The van der Waals surface area contributed by atoms with Crippen LogP contribution < -0.4 is 9.47 Å². The lowest BCUT2D eigenvalue weighted by molar-refractivity contribution is -0.140. The summed E-state index contributed by atoms with van der Waals surface area (Å²) in [5.74, 6) is -0.912. The van der Waals surface area contributed by atoms with Crippen LogP contribution in [0.5, 0.6) is 11.5 Å². The molecule has 0 spiro atoms. The Morgan fingerprint density at radius 1 is 1.00 bits per heavy atom. The van der Waals surface area contributed by atoms with Gasteiger partial charge in [-0.2, -0.15) is 0 Å². The number of benzene rings is 3. The van der Waals surface area contributed by atoms with Crippen LogP contribution in [-0.4, -0.2) is 49.1 Å². The third-order valence-electron chi connectivity index (χ3n) is 6.21. The van der Waals surface area contributed by atoms with E-state index in [9.17, 15) is 14.7 Å². The summed E-state index contributed by atoms with van der Waals surface area (Å²) in [6, 6.07) is 19.1. The molecule has 1 amide bonds. The van der Waals surface area contributed by atoms with E-state index in [0.29, 0.717) is 28.7 Å². The van der Waals surface area contributed by atoms with Crippen molar-refractivity contribution in [3.63, 3.8) is 0 Å². The van der Waals surface area contributed by atoms with E-state index in [1.165, 1.54) is 30.7 Å². The smallest absolute Gasteiger partial charge is 0.295 e. The van der Waals surface area contributed by atoms with Gasteiger partial charge in [-0.25, -0.2) is 0 Å². The number of hydrogen-bond acceptors (Lipinski definition) is 6. The minimum atomic E-state index is -0.829. The number of Topliss-reactive ketones (excluding diaryl/α,β-unsaturated/α-hetero) is 1. The van der Waals surface area contributed by atoms with E-state index in [-0.39, 0.29) is 30.0 Å². The molecule has 1 saturated heterocycles. The van der Waals surface area contributed by atoms with E-state index < -0.39 is 17.7 Å². The number of aliphatic hydroxyl groups excluding tert-OH is 1. The molecule has 4 rings (SSSR count). The van der Waals surface area contributed by atoms with Gasteiger partial charge in [0.15, 0.2) is 0 Å². The number of halogens is 1. The first kappa shape index (κ1) is 26.3. The van der Waals surface area contributed by atoms with Gasteiger partial charge in [0.25, 0.3) is 11.7 Å². The molecule has 1 aliphatic rings. The number of hydrogen-bond donors (Lipinski definition) is 1. The van der Waals surface area contributed by atoms with Crippen molar-refractivity contribution < 1.29 is 28.9 Å². The topological polar surface area (TPSA) is 85.3 Å². The average molecular weight is 522 g/mol. The molecule has 3 aromatic rings. The number of aliphatic hydroxyl groups is 1. The van der Waals surface area contributed by atoms with Crippen molar-refractivity contribution in [3.8, 4) is 11.5 Å². The monoisotopic (exact) mass is 521 g/mol. The number of amides is 1. The van der Waals surface area contributed by atoms with Gasteiger partial charge >= 0.3 is 0 Å². The second-order valence-corrected chi connectivity index (χ2v) is 9.11. The van der Waals surface area contributed by atoms with Crippen molar-refractivity contribution in [2.45, 2.75) is 19.6 Å². The lowest BCUT2D eigenvalue weighted by Crippen LogP contribution is -2.32. The molecule has 0 aliphatic carbocycles. The molecule has 1 fully saturated rings. The van der Waals surface area contributed by atoms with Crippen LogP contribution in [0.4, 0.5) is 0 Å². The number of ether oxygens (including phenoxy) is 3. The standard InChI is InChI=1S/C29H28ClNO6/c1-18-4-6-19(7-5-18)17-37-22-11-8-20(9-12-22)26-25(28(33)29(34)31(26)14-15-35-2)27(32)23-16-21(30)10-13-24(23)36-3/h4-13,16,26,32H,14-15,17H2,1-3H3/b27-25+. The number of carbonyl (C=O) groups is 2. The Labute approximate surface area is 220 Å². The number of aryl methyl sites for hydroxylation is 1. The number of likely N-dealkylation sites (tertiary alicyclic amines) is 1. The van der Waals surface area contributed by atoms with Crippen LogP contribution in [0.3, 0.4) is 0 Å². The summed E-state index contributed by atoms with van der Waals surface area (Å²) < 4.78 is 16.4. The zero-order chi connectivity index (χ0) is 26.5. The Bertz CT molecular complexity index is 1320. The van der Waals surface area contributed by atoms with Gasteiger partial charge in [-0.05, 0) is 48.4 Å². The Morgan fingerprint density at radius 2 is 1.70 bits per heavy atom. The summed E-state index contributed by atoms with van der Waals surface area (Å²) in [5, 5.41) is 11.6. The third-order valence-corrected chi connectivity index (χ3v) is 6.45. The normalized spacial score (nSPS) is 16.8. The fourth-order valence-electron chi connectivity index (χ4n) is 4.25. The molecule has 0 bridgehead atoms. The van der Waals surface area contributed by atoms with Crippen molar-refractivity contribution in [2.24, 2.45) is 0 Å². The van der Waals surface area contributed by atoms with E-state index in [1.54, 1.807) is 36.4 Å². The van der Waals surface area contributed by atoms with Gasteiger partial charge in [0, 0.05) is 18.7 Å². The predicted octanol–water partition coefficient (Wildman–Crippen LogP) is 5.30. The first-order valence-electron chi connectivity index (χ1n) is 11.7.